The molecule has 0 spiro atoms. The maximum absolute atomic E-state index is 13.7. The summed E-state index contributed by atoms with van der Waals surface area (Å²) in [6.45, 7) is -0.541. The molecule has 0 aliphatic rings. The Bertz CT molecular complexity index is 3550. The number of sulfone groups is 2. The van der Waals surface area contributed by atoms with Gasteiger partial charge in [-0.2, -0.15) is 10.2 Å². The van der Waals surface area contributed by atoms with Gasteiger partial charge in [-0.25, -0.2) is 50.5 Å². The molecule has 0 radical (unpaired) electrons. The van der Waals surface area contributed by atoms with Crippen LogP contribution in [0, 0.1) is 6.92 Å². The Labute approximate surface area is 517 Å². The van der Waals surface area contributed by atoms with Crippen molar-refractivity contribution in [2.24, 2.45) is 20.4 Å². The van der Waals surface area contributed by atoms with Crippen molar-refractivity contribution in [2.75, 3.05) is 35.6 Å². The van der Waals surface area contributed by atoms with Crippen LogP contribution in [-0.4, -0.2) is 98.5 Å². The van der Waals surface area contributed by atoms with E-state index in [4.69, 9.17) is 0 Å². The zero-order chi connectivity index (χ0) is 49.6. The molecule has 4 aromatic carbocycles. The van der Waals surface area contributed by atoms with E-state index < -0.39 is 160 Å². The van der Waals surface area contributed by atoms with E-state index in [2.05, 4.69) is 38.2 Å². The van der Waals surface area contributed by atoms with Crippen LogP contribution in [0.4, 0.5) is 22.7 Å². The van der Waals surface area contributed by atoms with E-state index in [1.54, 1.807) is 0 Å². The third-order valence-corrected chi connectivity index (χ3v) is 14.6. The first-order chi connectivity index (χ1) is 30.4. The van der Waals surface area contributed by atoms with E-state index in [1.807, 2.05) is 10.9 Å². The molecule has 42 heteroatoms. The molecule has 0 aliphatic heterocycles. The minimum absolute atomic E-state index is 0. The Balaban J connectivity index is 0. The number of aromatic hydroxyl groups is 1. The number of aryl methyl sites for hydroxylation is 1. The monoisotopic (exact) mass is 1180 g/mol. The quantitative estimate of drug-likeness (QED) is 0.0102. The van der Waals surface area contributed by atoms with Gasteiger partial charge in [0.1, 0.15) is 36.0 Å². The fourth-order valence-electron chi connectivity index (χ4n) is 4.87. The average Bonchev–Trinajstić information content (AvgIpc) is 3.19. The van der Waals surface area contributed by atoms with Crippen molar-refractivity contribution in [1.82, 2.24) is 0 Å². The van der Waals surface area contributed by atoms with Crippen LogP contribution in [0.5, 0.6) is 5.75 Å². The summed E-state index contributed by atoms with van der Waals surface area (Å²) < 4.78 is 205. The van der Waals surface area contributed by atoms with Crippen LogP contribution < -0.4 is 185 Å². The van der Waals surface area contributed by atoms with Crippen molar-refractivity contribution >= 4 is 95.5 Å². The maximum atomic E-state index is 13.7. The third-order valence-electron chi connectivity index (χ3n) is 7.81. The fraction of sp³-hybridized carbons (Fsp3) is 0.172. The molecule has 0 fully saturated rings. The van der Waals surface area contributed by atoms with Gasteiger partial charge in [0.25, 0.3) is 0 Å². The van der Waals surface area contributed by atoms with Crippen LogP contribution in [0.15, 0.2) is 109 Å². The molecule has 30 nitrogen and oxygen atoms in total. The van der Waals surface area contributed by atoms with Gasteiger partial charge >= 0.3 is 148 Å². The van der Waals surface area contributed by atoms with Gasteiger partial charge in [-0.15, -0.1) is 14.6 Å². The van der Waals surface area contributed by atoms with Crippen LogP contribution in [-0.2, 0) is 78.2 Å². The molecule has 0 aromatic heterocycles. The van der Waals surface area contributed by atoms with Crippen LogP contribution in [0.1, 0.15) is 5.56 Å². The Morgan fingerprint density at radius 2 is 1.07 bits per heavy atom. The first-order valence-corrected chi connectivity index (χ1v) is 26.1. The zero-order valence-corrected chi connectivity index (χ0v) is 52.7. The van der Waals surface area contributed by atoms with E-state index in [0.717, 1.165) is 18.2 Å². The van der Waals surface area contributed by atoms with Crippen LogP contribution >= 0.6 is 12.3 Å². The fourth-order valence-corrected chi connectivity index (χ4v) is 9.96. The molecular formula is C29H23N6Na5O24S7. The number of phenols is 1. The number of anilines is 2. The Hall–Kier alpha value is -0.230. The average molecular weight is 1180 g/mol. The standard InChI is InChI=1S/C29H28N6O24S7.5Na/c1-15-2-5-18(21(12-15)63(44,45)46)30-33-24-27(36)25(34-31-19-6-3-16(13-22(19)64(47,48)49)61(40,41)10-8-56-60-59-58-39)29(38)26(28(24)37)35-32-20-7-4-17(14-23(20)65(50,51)52)62(42,43)11-9-57-66(53,54)55;;;;;/h2-7,12-14,31-32,36,39H,8-11H2,1H3,(H,44,45,46)(H,47,48,49)(H,50,51,52)(H,53,54,55);;;;;/q;5*+1/p-5/b33-30?,34-25-,35-26-;;;;;. The second-order valence-electron chi connectivity index (χ2n) is 12.2. The van der Waals surface area contributed by atoms with Crippen LogP contribution in [0.25, 0.3) is 0 Å². The van der Waals surface area contributed by atoms with Gasteiger partial charge in [0.15, 0.2) is 54.1 Å². The summed E-state index contributed by atoms with van der Waals surface area (Å²) in [5.41, 5.74) is -3.53. The molecule has 0 unspecified atom stereocenters. The number of azo groups is 1. The van der Waals surface area contributed by atoms with Gasteiger partial charge in [0, 0.05) is 0 Å². The summed E-state index contributed by atoms with van der Waals surface area (Å²) in [4.78, 5) is 21.8. The summed E-state index contributed by atoms with van der Waals surface area (Å²) in [7, 11) is -31.2. The number of nitrogens with one attached hydrogen (secondary N) is 2. The molecule has 4 rings (SSSR count). The van der Waals surface area contributed by atoms with Crippen LogP contribution in [0.3, 0.4) is 0 Å². The van der Waals surface area contributed by atoms with Gasteiger partial charge in [-0.05, 0) is 61.0 Å². The summed E-state index contributed by atoms with van der Waals surface area (Å²) in [6.07, 6.45) is 0. The van der Waals surface area contributed by atoms with Crippen molar-refractivity contribution in [3.63, 3.8) is 0 Å². The van der Waals surface area contributed by atoms with Crippen molar-refractivity contribution in [2.45, 2.75) is 31.4 Å². The number of rotatable bonds is 21. The first-order valence-electron chi connectivity index (χ1n) is 16.6. The molecule has 3 N–H and O–H groups in total. The van der Waals surface area contributed by atoms with Crippen molar-refractivity contribution in [3.8, 4) is 5.75 Å². The number of benzene rings is 4. The number of hydrogen-bond acceptors (Lipinski definition) is 31. The third kappa shape index (κ3) is 20.9. The molecular weight excluding hydrogens is 1160 g/mol. The molecule has 71 heavy (non-hydrogen) atoms. The predicted molar refractivity (Wildman–Crippen MR) is 209 cm³/mol. The summed E-state index contributed by atoms with van der Waals surface area (Å²) in [5.74, 6) is -3.69. The molecule has 360 valence electrons. The Kier molecular flexibility index (Phi) is 30.8. The maximum Gasteiger partial charge on any atom is 1.00 e. The van der Waals surface area contributed by atoms with E-state index in [0.29, 0.717) is 24.3 Å². The smallest absolute Gasteiger partial charge is 0.744 e. The molecule has 0 bridgehead atoms. The Morgan fingerprint density at radius 3 is 1.52 bits per heavy atom. The minimum Gasteiger partial charge on any atom is -0.744 e. The molecule has 0 heterocycles. The summed E-state index contributed by atoms with van der Waals surface area (Å²) in [5, 5.41) is 35.0. The van der Waals surface area contributed by atoms with Crippen molar-refractivity contribution in [1.29, 1.82) is 0 Å². The molecule has 0 atom stereocenters. The van der Waals surface area contributed by atoms with E-state index in [-0.39, 0.29) is 172 Å². The van der Waals surface area contributed by atoms with Gasteiger partial charge in [0.2, 0.25) is 21.3 Å². The van der Waals surface area contributed by atoms with Crippen molar-refractivity contribution in [3.05, 3.63) is 91.3 Å². The number of nitrogens with zero attached hydrogens (tertiary/aromatic N) is 4. The molecule has 0 saturated heterocycles. The minimum atomic E-state index is -5.73. The SMILES string of the molecule is Cc1ccc(N=Nc2c(O)/c(=N/Nc3ccc(S(=O)(=O)CCOSOO[O-])cc3S(=O)(=O)[O-])c(=O)/c(=N\Nc3ccc(S(=O)(=O)CCOS(=O)(=O)[O-])cc3S(=O)(=O)[O-])c2=O)c(S(=O)(=O)[O-])c1.[Na+].[Na+].[Na+].[Na+].[Na+]. The van der Waals surface area contributed by atoms with Gasteiger partial charge in [-0.3, -0.25) is 33.8 Å². The van der Waals surface area contributed by atoms with Crippen molar-refractivity contribution < 1.29 is 245 Å². The van der Waals surface area contributed by atoms with Gasteiger partial charge in [-0.1, -0.05) is 6.07 Å². The normalized spacial score (nSPS) is 12.7. The largest absolute Gasteiger partial charge is 1.00 e. The Morgan fingerprint density at radius 1 is 0.606 bits per heavy atom. The molecule has 0 saturated carbocycles. The molecule has 4 aromatic rings. The van der Waals surface area contributed by atoms with E-state index in [9.17, 15) is 88.7 Å². The number of hydrogen-bond donors (Lipinski definition) is 3. The molecule has 0 amide bonds. The molecule has 0 aliphatic carbocycles. The number of phenolic OH excluding ortho intramolecular Hbond substituents is 1. The van der Waals surface area contributed by atoms with Gasteiger partial charge < -0.3 is 28.6 Å². The zero-order valence-electron chi connectivity index (χ0n) is 37.0. The van der Waals surface area contributed by atoms with Gasteiger partial charge in [0.05, 0.1) is 60.6 Å². The van der Waals surface area contributed by atoms with E-state index >= 15 is 0 Å². The topological polar surface area (TPSA) is 485 Å². The first kappa shape index (κ1) is 72.8. The summed E-state index contributed by atoms with van der Waals surface area (Å²) >= 11 is -0.0554. The summed E-state index contributed by atoms with van der Waals surface area (Å²) in [6, 6.07) is 6.10. The predicted octanol–water partition coefficient (Wildman–Crippen LogP) is -17.9. The van der Waals surface area contributed by atoms with Crippen LogP contribution in [0.2, 0.25) is 0 Å². The second-order valence-corrected chi connectivity index (χ2v) is 22.1. The second kappa shape index (κ2) is 30.1. The van der Waals surface area contributed by atoms with E-state index in [1.165, 1.54) is 13.0 Å².